The summed E-state index contributed by atoms with van der Waals surface area (Å²) in [5, 5.41) is 7.23. The average Bonchev–Trinajstić information content (AvgIpc) is 2.70. The van der Waals surface area contributed by atoms with E-state index in [4.69, 9.17) is 4.52 Å². The zero-order chi connectivity index (χ0) is 13.8. The van der Waals surface area contributed by atoms with Crippen LogP contribution in [0.25, 0.3) is 0 Å². The third-order valence-electron chi connectivity index (χ3n) is 3.27. The molecule has 0 aliphatic carbocycles. The van der Waals surface area contributed by atoms with E-state index in [1.54, 1.807) is 13.0 Å². The van der Waals surface area contributed by atoms with Crippen molar-refractivity contribution in [2.24, 2.45) is 0 Å². The summed E-state index contributed by atoms with van der Waals surface area (Å²) < 4.78 is 18.2. The van der Waals surface area contributed by atoms with Crippen molar-refractivity contribution in [3.8, 4) is 0 Å². The van der Waals surface area contributed by atoms with Gasteiger partial charge >= 0.3 is 0 Å². The number of hydrogen-bond acceptors (Lipinski definition) is 3. The van der Waals surface area contributed by atoms with E-state index in [2.05, 4.69) is 10.5 Å². The van der Waals surface area contributed by atoms with E-state index < -0.39 is 0 Å². The molecule has 0 saturated carbocycles. The van der Waals surface area contributed by atoms with Gasteiger partial charge in [-0.1, -0.05) is 5.16 Å². The van der Waals surface area contributed by atoms with Crippen LogP contribution in [0.4, 0.5) is 10.1 Å². The molecular formula is C15H19FN2O. The second kappa shape index (κ2) is 5.87. The first kappa shape index (κ1) is 13.6. The number of hydrogen-bond donors (Lipinski definition) is 1. The van der Waals surface area contributed by atoms with E-state index in [0.29, 0.717) is 5.56 Å². The number of anilines is 1. The first-order valence-electron chi connectivity index (χ1n) is 6.49. The second-order valence-electron chi connectivity index (χ2n) is 4.80. The molecule has 102 valence electrons. The van der Waals surface area contributed by atoms with Gasteiger partial charge < -0.3 is 9.84 Å². The number of benzene rings is 1. The molecular weight excluding hydrogens is 243 g/mol. The Bertz CT molecular complexity index is 544. The first-order valence-corrected chi connectivity index (χ1v) is 6.49. The molecule has 1 N–H and O–H groups in total. The Balaban J connectivity index is 1.82. The fourth-order valence-electron chi connectivity index (χ4n) is 2.11. The Labute approximate surface area is 112 Å². The molecule has 0 amide bonds. The van der Waals surface area contributed by atoms with Crippen LogP contribution in [0.15, 0.2) is 22.7 Å². The summed E-state index contributed by atoms with van der Waals surface area (Å²) in [6, 6.07) is 5.08. The van der Waals surface area contributed by atoms with Gasteiger partial charge in [0.2, 0.25) is 0 Å². The fraction of sp³-hybridized carbons (Fsp3) is 0.400. The minimum atomic E-state index is -0.165. The lowest BCUT2D eigenvalue weighted by Crippen LogP contribution is -2.04. The highest BCUT2D eigenvalue weighted by molar-refractivity contribution is 5.45. The van der Waals surface area contributed by atoms with Gasteiger partial charge in [-0.25, -0.2) is 4.39 Å². The maximum absolute atomic E-state index is 13.1. The number of aromatic nitrogens is 1. The summed E-state index contributed by atoms with van der Waals surface area (Å²) >= 11 is 0. The molecule has 0 bridgehead atoms. The van der Waals surface area contributed by atoms with Crippen LogP contribution in [0.3, 0.4) is 0 Å². The van der Waals surface area contributed by atoms with Gasteiger partial charge in [0.05, 0.1) is 5.69 Å². The lowest BCUT2D eigenvalue weighted by Gasteiger charge is -2.07. The van der Waals surface area contributed by atoms with Gasteiger partial charge in [-0.05, 0) is 57.4 Å². The molecule has 0 aliphatic heterocycles. The molecule has 0 saturated heterocycles. The molecule has 0 unspecified atom stereocenters. The highest BCUT2D eigenvalue weighted by atomic mass is 19.1. The van der Waals surface area contributed by atoms with Crippen LogP contribution in [-0.4, -0.2) is 11.7 Å². The summed E-state index contributed by atoms with van der Waals surface area (Å²) in [6.45, 7) is 6.51. The summed E-state index contributed by atoms with van der Waals surface area (Å²) in [7, 11) is 0. The molecule has 1 aromatic heterocycles. The van der Waals surface area contributed by atoms with Gasteiger partial charge in [0.1, 0.15) is 11.6 Å². The van der Waals surface area contributed by atoms with Crippen LogP contribution in [0.2, 0.25) is 0 Å². The van der Waals surface area contributed by atoms with Gasteiger partial charge in [-0.3, -0.25) is 0 Å². The van der Waals surface area contributed by atoms with E-state index >= 15 is 0 Å². The van der Waals surface area contributed by atoms with Gasteiger partial charge in [-0.2, -0.15) is 0 Å². The first-order chi connectivity index (χ1) is 9.08. The normalized spacial score (nSPS) is 10.7. The average molecular weight is 262 g/mol. The monoisotopic (exact) mass is 262 g/mol. The van der Waals surface area contributed by atoms with E-state index in [9.17, 15) is 4.39 Å². The SMILES string of the molecule is Cc1cc(NCCCc2c(C)noc2C)ccc1F. The number of aryl methyl sites for hydroxylation is 3. The van der Waals surface area contributed by atoms with Crippen LogP contribution < -0.4 is 5.32 Å². The third-order valence-corrected chi connectivity index (χ3v) is 3.27. The molecule has 0 atom stereocenters. The smallest absolute Gasteiger partial charge is 0.137 e. The predicted molar refractivity (Wildman–Crippen MR) is 73.9 cm³/mol. The number of nitrogens with one attached hydrogen (secondary N) is 1. The quantitative estimate of drug-likeness (QED) is 0.833. The summed E-state index contributed by atoms with van der Waals surface area (Å²) in [5.74, 6) is 0.733. The minimum absolute atomic E-state index is 0.165. The van der Waals surface area contributed by atoms with Crippen LogP contribution >= 0.6 is 0 Å². The van der Waals surface area contributed by atoms with Crippen molar-refractivity contribution in [1.29, 1.82) is 0 Å². The number of rotatable bonds is 5. The fourth-order valence-corrected chi connectivity index (χ4v) is 2.11. The van der Waals surface area contributed by atoms with E-state index in [-0.39, 0.29) is 5.82 Å². The molecule has 0 spiro atoms. The van der Waals surface area contributed by atoms with Crippen LogP contribution in [0.1, 0.15) is 29.0 Å². The van der Waals surface area contributed by atoms with Gasteiger partial charge in [0.25, 0.3) is 0 Å². The maximum Gasteiger partial charge on any atom is 0.137 e. The lowest BCUT2D eigenvalue weighted by molar-refractivity contribution is 0.392. The van der Waals surface area contributed by atoms with Gasteiger partial charge in [0.15, 0.2) is 0 Å². The summed E-state index contributed by atoms with van der Waals surface area (Å²) in [5.41, 5.74) is 3.78. The summed E-state index contributed by atoms with van der Waals surface area (Å²) in [6.07, 6.45) is 1.92. The van der Waals surface area contributed by atoms with Crippen molar-refractivity contribution in [3.63, 3.8) is 0 Å². The Morgan fingerprint density at radius 2 is 2.05 bits per heavy atom. The van der Waals surface area contributed by atoms with Crippen molar-refractivity contribution >= 4 is 5.69 Å². The lowest BCUT2D eigenvalue weighted by atomic mass is 10.1. The zero-order valence-corrected chi connectivity index (χ0v) is 11.6. The number of halogens is 1. The molecule has 2 aromatic rings. The second-order valence-corrected chi connectivity index (χ2v) is 4.80. The largest absolute Gasteiger partial charge is 0.385 e. The van der Waals surface area contributed by atoms with Crippen molar-refractivity contribution in [3.05, 3.63) is 46.6 Å². The highest BCUT2D eigenvalue weighted by Gasteiger charge is 2.07. The molecule has 4 heteroatoms. The molecule has 3 nitrogen and oxygen atoms in total. The highest BCUT2D eigenvalue weighted by Crippen LogP contribution is 2.16. The molecule has 1 aromatic carbocycles. The predicted octanol–water partition coefficient (Wildman–Crippen LogP) is 3.78. The molecule has 0 aliphatic rings. The molecule has 2 rings (SSSR count). The van der Waals surface area contributed by atoms with E-state index in [1.807, 2.05) is 19.9 Å². The van der Waals surface area contributed by atoms with E-state index in [0.717, 1.165) is 36.5 Å². The van der Waals surface area contributed by atoms with Crippen LogP contribution in [0.5, 0.6) is 0 Å². The maximum atomic E-state index is 13.1. The van der Waals surface area contributed by atoms with Crippen molar-refractivity contribution in [1.82, 2.24) is 5.16 Å². The Morgan fingerprint density at radius 1 is 1.26 bits per heavy atom. The molecule has 19 heavy (non-hydrogen) atoms. The number of nitrogens with zero attached hydrogens (tertiary/aromatic N) is 1. The topological polar surface area (TPSA) is 38.1 Å². The Hall–Kier alpha value is -1.84. The molecule has 0 radical (unpaired) electrons. The Morgan fingerprint density at radius 3 is 2.68 bits per heavy atom. The minimum Gasteiger partial charge on any atom is -0.385 e. The third kappa shape index (κ3) is 3.34. The van der Waals surface area contributed by atoms with Crippen molar-refractivity contribution in [2.45, 2.75) is 33.6 Å². The van der Waals surface area contributed by atoms with Gasteiger partial charge in [-0.15, -0.1) is 0 Å². The van der Waals surface area contributed by atoms with Crippen molar-refractivity contribution < 1.29 is 8.91 Å². The summed E-state index contributed by atoms with van der Waals surface area (Å²) in [4.78, 5) is 0. The van der Waals surface area contributed by atoms with Gasteiger partial charge in [0, 0.05) is 17.8 Å². The Kier molecular flexibility index (Phi) is 4.20. The molecule has 0 fully saturated rings. The van der Waals surface area contributed by atoms with Crippen molar-refractivity contribution in [2.75, 3.05) is 11.9 Å². The standard InChI is InChI=1S/C15H19FN2O/c1-10-9-13(6-7-15(10)16)17-8-4-5-14-11(2)18-19-12(14)3/h6-7,9,17H,4-5,8H2,1-3H3. The van der Waals surface area contributed by atoms with E-state index in [1.165, 1.54) is 11.6 Å². The van der Waals surface area contributed by atoms with Crippen LogP contribution in [0, 0.1) is 26.6 Å². The molecule has 1 heterocycles. The zero-order valence-electron chi connectivity index (χ0n) is 11.6. The van der Waals surface area contributed by atoms with Crippen LogP contribution in [-0.2, 0) is 6.42 Å².